The number of amides is 2. The van der Waals surface area contributed by atoms with E-state index in [1.54, 1.807) is 47.7 Å². The normalized spacial score (nSPS) is 15.0. The molecule has 1 N–H and O–H groups in total. The molecule has 2 amide bonds. The van der Waals surface area contributed by atoms with Gasteiger partial charge < -0.3 is 5.32 Å². The fourth-order valence-corrected chi connectivity index (χ4v) is 5.83. The molecule has 0 radical (unpaired) electrons. The van der Waals surface area contributed by atoms with Crippen LogP contribution in [0.25, 0.3) is 0 Å². The summed E-state index contributed by atoms with van der Waals surface area (Å²) >= 11 is 1.55. The van der Waals surface area contributed by atoms with Gasteiger partial charge in [-0.25, -0.2) is 4.39 Å². The maximum absolute atomic E-state index is 13.6. The molecule has 0 bridgehead atoms. The maximum Gasteiger partial charge on any atom is 0.249 e. The number of anilines is 2. The van der Waals surface area contributed by atoms with E-state index in [0.29, 0.717) is 17.0 Å². The van der Waals surface area contributed by atoms with Gasteiger partial charge in [0.2, 0.25) is 11.8 Å². The van der Waals surface area contributed by atoms with Crippen molar-refractivity contribution >= 4 is 39.6 Å². The summed E-state index contributed by atoms with van der Waals surface area (Å²) in [4.78, 5) is 33.4. The van der Waals surface area contributed by atoms with Crippen LogP contribution in [-0.4, -0.2) is 30.6 Å². The zero-order valence-corrected chi connectivity index (χ0v) is 19.1. The Kier molecular flexibility index (Phi) is 5.95. The molecule has 2 aromatic carbocycles. The lowest BCUT2D eigenvalue weighted by Gasteiger charge is -2.20. The minimum Gasteiger partial charge on any atom is -0.324 e. The van der Waals surface area contributed by atoms with E-state index in [2.05, 4.69) is 10.3 Å². The first kappa shape index (κ1) is 22.0. The first-order valence-electron chi connectivity index (χ1n) is 11.1. The average molecular weight is 473 g/mol. The molecule has 2 heterocycles. The van der Waals surface area contributed by atoms with E-state index in [1.165, 1.54) is 27.5 Å². The van der Waals surface area contributed by atoms with Crippen LogP contribution in [-0.2, 0) is 22.4 Å². The summed E-state index contributed by atoms with van der Waals surface area (Å²) < 4.78 is 13.6. The summed E-state index contributed by atoms with van der Waals surface area (Å²) in [7, 11) is 0. The van der Waals surface area contributed by atoms with Gasteiger partial charge in [0.15, 0.2) is 0 Å². The van der Waals surface area contributed by atoms with Crippen LogP contribution < -0.4 is 10.2 Å². The first-order valence-corrected chi connectivity index (χ1v) is 11.9. The minimum atomic E-state index is -0.356. The molecule has 0 fully saturated rings. The number of carbonyl (C=O) groups is 2. The number of benzene rings is 2. The van der Waals surface area contributed by atoms with Crippen molar-refractivity contribution in [3.8, 4) is 6.07 Å². The highest BCUT2D eigenvalue weighted by Gasteiger charge is 2.33. The van der Waals surface area contributed by atoms with Crippen molar-refractivity contribution < 1.29 is 14.0 Å². The van der Waals surface area contributed by atoms with E-state index in [9.17, 15) is 14.0 Å². The molecule has 0 unspecified atom stereocenters. The van der Waals surface area contributed by atoms with Crippen LogP contribution in [0, 0.1) is 17.1 Å². The number of nitriles is 1. The third-order valence-corrected chi connectivity index (χ3v) is 7.32. The highest BCUT2D eigenvalue weighted by atomic mass is 32.1. The van der Waals surface area contributed by atoms with Crippen LogP contribution in [0.4, 0.5) is 15.1 Å². The third kappa shape index (κ3) is 4.22. The summed E-state index contributed by atoms with van der Waals surface area (Å²) in [6.07, 6.45) is 3.95. The largest absolute Gasteiger partial charge is 0.324 e. The van der Waals surface area contributed by atoms with E-state index >= 15 is 0 Å². The molecule has 1 aliphatic heterocycles. The standard InChI is InChI=1S/C26H21FN4O2S/c27-18-10-8-17(9-11-18)25-24-20-6-1-2-7-21(20)34-26(24)31(23(33)14-29-25)15-22(32)30-19-5-3-4-16(12-19)13-28/h3-5,8-12H,1-2,6-7,14-15H2,(H,30,32). The number of fused-ring (bicyclic) bond motifs is 3. The lowest BCUT2D eigenvalue weighted by molar-refractivity contribution is -0.120. The summed E-state index contributed by atoms with van der Waals surface area (Å²) in [5.41, 5.74) is 4.43. The van der Waals surface area contributed by atoms with Crippen LogP contribution in [0.15, 0.2) is 53.5 Å². The zero-order chi connectivity index (χ0) is 23.7. The summed E-state index contributed by atoms with van der Waals surface area (Å²) in [5, 5.41) is 12.6. The minimum absolute atomic E-state index is 0.0971. The maximum atomic E-state index is 13.6. The van der Waals surface area contributed by atoms with Crippen LogP contribution >= 0.6 is 11.3 Å². The predicted octanol–water partition coefficient (Wildman–Crippen LogP) is 4.46. The van der Waals surface area contributed by atoms with E-state index in [-0.39, 0.29) is 30.7 Å². The van der Waals surface area contributed by atoms with Crippen molar-refractivity contribution in [1.82, 2.24) is 0 Å². The van der Waals surface area contributed by atoms with Gasteiger partial charge in [-0.05, 0) is 73.7 Å². The van der Waals surface area contributed by atoms with Gasteiger partial charge in [0.25, 0.3) is 0 Å². The Morgan fingerprint density at radius 3 is 2.76 bits per heavy atom. The first-order chi connectivity index (χ1) is 16.5. The van der Waals surface area contributed by atoms with Gasteiger partial charge in [-0.1, -0.05) is 6.07 Å². The van der Waals surface area contributed by atoms with Crippen molar-refractivity contribution in [2.24, 2.45) is 4.99 Å². The third-order valence-electron chi connectivity index (χ3n) is 6.00. The number of aliphatic imine (C=N–C) groups is 1. The van der Waals surface area contributed by atoms with Crippen molar-refractivity contribution in [3.05, 3.63) is 81.5 Å². The van der Waals surface area contributed by atoms with E-state index in [4.69, 9.17) is 5.26 Å². The number of halogens is 1. The monoisotopic (exact) mass is 472 g/mol. The Morgan fingerprint density at radius 2 is 1.97 bits per heavy atom. The van der Waals surface area contributed by atoms with Gasteiger partial charge in [0.05, 0.1) is 17.3 Å². The Bertz CT molecular complexity index is 1350. The number of carbonyl (C=O) groups excluding carboxylic acids is 2. The van der Waals surface area contributed by atoms with E-state index < -0.39 is 0 Å². The number of aryl methyl sites for hydroxylation is 1. The molecule has 3 aromatic rings. The Hall–Kier alpha value is -3.83. The van der Waals surface area contributed by atoms with Gasteiger partial charge in [0.1, 0.15) is 23.9 Å². The summed E-state index contributed by atoms with van der Waals surface area (Å²) in [6.45, 7) is -0.256. The van der Waals surface area contributed by atoms with E-state index in [0.717, 1.165) is 41.8 Å². The van der Waals surface area contributed by atoms with Crippen molar-refractivity contribution in [3.63, 3.8) is 0 Å². The fraction of sp³-hybridized carbons (Fsp3) is 0.231. The number of rotatable bonds is 4. The zero-order valence-electron chi connectivity index (χ0n) is 18.3. The topological polar surface area (TPSA) is 85.6 Å². The number of hydrogen-bond donors (Lipinski definition) is 1. The van der Waals surface area contributed by atoms with Gasteiger partial charge >= 0.3 is 0 Å². The molecule has 0 saturated carbocycles. The fourth-order valence-electron chi connectivity index (χ4n) is 4.42. The molecular weight excluding hydrogens is 451 g/mol. The molecule has 1 aliphatic carbocycles. The number of thiophene rings is 1. The second-order valence-corrected chi connectivity index (χ2v) is 9.37. The molecule has 5 rings (SSSR count). The highest BCUT2D eigenvalue weighted by molar-refractivity contribution is 7.17. The Labute approximate surface area is 200 Å². The lowest BCUT2D eigenvalue weighted by Crippen LogP contribution is -2.38. The molecule has 6 nitrogen and oxygen atoms in total. The molecular formula is C26H21FN4O2S. The van der Waals surface area contributed by atoms with Crippen molar-refractivity contribution in [2.75, 3.05) is 23.3 Å². The van der Waals surface area contributed by atoms with Crippen LogP contribution in [0.2, 0.25) is 0 Å². The predicted molar refractivity (Wildman–Crippen MR) is 130 cm³/mol. The number of hydrogen-bond acceptors (Lipinski definition) is 5. The van der Waals surface area contributed by atoms with Gasteiger partial charge in [-0.3, -0.25) is 19.5 Å². The molecule has 8 heteroatoms. The quantitative estimate of drug-likeness (QED) is 0.608. The molecule has 0 saturated heterocycles. The Balaban J connectivity index is 1.51. The molecule has 34 heavy (non-hydrogen) atoms. The van der Waals surface area contributed by atoms with Crippen LogP contribution in [0.5, 0.6) is 0 Å². The molecule has 170 valence electrons. The summed E-state index contributed by atoms with van der Waals surface area (Å²) in [6, 6.07) is 14.8. The number of nitrogens with one attached hydrogen (secondary N) is 1. The Morgan fingerprint density at radius 1 is 1.18 bits per heavy atom. The van der Waals surface area contributed by atoms with Crippen molar-refractivity contribution in [1.29, 1.82) is 5.26 Å². The lowest BCUT2D eigenvalue weighted by atomic mass is 9.91. The van der Waals surface area contributed by atoms with Gasteiger partial charge in [0, 0.05) is 21.7 Å². The SMILES string of the molecule is N#Cc1cccc(NC(=O)CN2C(=O)CN=C(c3ccc(F)cc3)c3c2sc2c3CCCC2)c1. The molecule has 0 spiro atoms. The number of nitrogens with zero attached hydrogens (tertiary/aromatic N) is 3. The molecule has 0 atom stereocenters. The average Bonchev–Trinajstić information content (AvgIpc) is 3.17. The van der Waals surface area contributed by atoms with Crippen molar-refractivity contribution in [2.45, 2.75) is 25.7 Å². The van der Waals surface area contributed by atoms with Gasteiger partial charge in [-0.2, -0.15) is 5.26 Å². The van der Waals surface area contributed by atoms with Crippen LogP contribution in [0.3, 0.4) is 0 Å². The smallest absolute Gasteiger partial charge is 0.249 e. The van der Waals surface area contributed by atoms with Gasteiger partial charge in [-0.15, -0.1) is 11.3 Å². The van der Waals surface area contributed by atoms with E-state index in [1.807, 2.05) is 6.07 Å². The molecule has 2 aliphatic rings. The highest BCUT2D eigenvalue weighted by Crippen LogP contribution is 2.42. The molecule has 1 aromatic heterocycles. The second-order valence-electron chi connectivity index (χ2n) is 8.28. The summed E-state index contributed by atoms with van der Waals surface area (Å²) in [5.74, 6) is -0.954. The van der Waals surface area contributed by atoms with Crippen LogP contribution in [0.1, 0.15) is 40.0 Å². The second kappa shape index (κ2) is 9.20.